The van der Waals surface area contributed by atoms with Gasteiger partial charge in [0.2, 0.25) is 5.91 Å². The Labute approximate surface area is 198 Å². The Bertz CT molecular complexity index is 1090. The van der Waals surface area contributed by atoms with Crippen LogP contribution in [-0.2, 0) is 15.8 Å². The zero-order valence-electron chi connectivity index (χ0n) is 17.3. The monoisotopic (exact) mass is 496 g/mol. The van der Waals surface area contributed by atoms with E-state index >= 15 is 0 Å². The van der Waals surface area contributed by atoms with E-state index in [9.17, 15) is 27.2 Å². The maximum absolute atomic E-state index is 13.8. The Balaban J connectivity index is 1.45. The predicted octanol–water partition coefficient (Wildman–Crippen LogP) is 6.24. The van der Waals surface area contributed by atoms with Gasteiger partial charge in [-0.3, -0.25) is 14.5 Å². The van der Waals surface area contributed by atoms with Gasteiger partial charge in [0.05, 0.1) is 16.2 Å². The maximum atomic E-state index is 13.8. The Hall–Kier alpha value is -2.72. The summed E-state index contributed by atoms with van der Waals surface area (Å²) in [6, 6.07) is 10.9. The van der Waals surface area contributed by atoms with Gasteiger partial charge in [-0.1, -0.05) is 60.7 Å². The van der Waals surface area contributed by atoms with E-state index in [-0.39, 0.29) is 18.0 Å². The average Bonchev–Trinajstić information content (AvgIpc) is 3.02. The van der Waals surface area contributed by atoms with Crippen molar-refractivity contribution in [3.8, 4) is 0 Å². The summed E-state index contributed by atoms with van der Waals surface area (Å²) in [4.78, 5) is 26.4. The first kappa shape index (κ1) is 24.9. The van der Waals surface area contributed by atoms with Crippen molar-refractivity contribution in [1.29, 1.82) is 0 Å². The van der Waals surface area contributed by atoms with Crippen molar-refractivity contribution in [3.05, 3.63) is 70.4 Å². The summed E-state index contributed by atoms with van der Waals surface area (Å²) in [6.07, 6.45) is -1.44. The molecule has 1 saturated heterocycles. The highest BCUT2D eigenvalue weighted by molar-refractivity contribution is 8.26. The Kier molecular flexibility index (Phi) is 8.25. The second-order valence-electron chi connectivity index (χ2n) is 7.26. The van der Waals surface area contributed by atoms with Gasteiger partial charge in [-0.15, -0.1) is 0 Å². The number of benzene rings is 2. The minimum Gasteiger partial charge on any atom is -0.326 e. The van der Waals surface area contributed by atoms with Crippen LogP contribution in [0.1, 0.15) is 36.8 Å². The quantitative estimate of drug-likeness (QED) is 0.203. The van der Waals surface area contributed by atoms with Crippen LogP contribution < -0.4 is 5.32 Å². The molecule has 0 atom stereocenters. The second kappa shape index (κ2) is 10.9. The lowest BCUT2D eigenvalue weighted by Crippen LogP contribution is -2.29. The highest BCUT2D eigenvalue weighted by Crippen LogP contribution is 2.35. The number of thioether (sulfide) groups is 1. The number of hydrogen-bond donors (Lipinski definition) is 1. The average molecular weight is 497 g/mol. The number of anilines is 1. The third-order valence-electron chi connectivity index (χ3n) is 4.86. The minimum atomic E-state index is -4.55. The Morgan fingerprint density at radius 2 is 1.76 bits per heavy atom. The number of halogens is 4. The van der Waals surface area contributed by atoms with E-state index in [1.807, 2.05) is 0 Å². The molecule has 1 heterocycles. The van der Waals surface area contributed by atoms with Crippen molar-refractivity contribution in [2.24, 2.45) is 0 Å². The fourth-order valence-corrected chi connectivity index (χ4v) is 4.51. The Morgan fingerprint density at radius 3 is 2.48 bits per heavy atom. The number of hydrogen-bond acceptors (Lipinski definition) is 4. The van der Waals surface area contributed by atoms with Crippen molar-refractivity contribution >= 4 is 51.9 Å². The molecule has 1 N–H and O–H groups in total. The van der Waals surface area contributed by atoms with Gasteiger partial charge in [0, 0.05) is 18.5 Å². The molecule has 1 aliphatic rings. The van der Waals surface area contributed by atoms with Crippen molar-refractivity contribution in [2.45, 2.75) is 31.9 Å². The molecule has 0 bridgehead atoms. The van der Waals surface area contributed by atoms with E-state index < -0.39 is 23.5 Å². The number of carbonyl (C=O) groups excluding carboxylic acids is 2. The summed E-state index contributed by atoms with van der Waals surface area (Å²) in [6.45, 7) is 0.345. The van der Waals surface area contributed by atoms with Gasteiger partial charge in [0.15, 0.2) is 0 Å². The number of amides is 2. The maximum Gasteiger partial charge on any atom is 0.418 e. The minimum absolute atomic E-state index is 0.0533. The largest absolute Gasteiger partial charge is 0.418 e. The fraction of sp³-hybridized carbons (Fsp3) is 0.261. The summed E-state index contributed by atoms with van der Waals surface area (Å²) >= 11 is 6.36. The van der Waals surface area contributed by atoms with Crippen molar-refractivity contribution in [3.63, 3.8) is 0 Å². The van der Waals surface area contributed by atoms with E-state index in [2.05, 4.69) is 5.32 Å². The number of nitrogens with zero attached hydrogens (tertiary/aromatic N) is 1. The smallest absolute Gasteiger partial charge is 0.326 e. The second-order valence-corrected chi connectivity index (χ2v) is 8.93. The predicted molar refractivity (Wildman–Crippen MR) is 125 cm³/mol. The molecule has 0 saturated carbocycles. The standard InChI is InChI=1S/C23H20F4N2O2S2/c24-17-10-5-3-8-15(17)14-19-21(31)29(22(32)33-19)13-7-1-2-12-20(30)28-18-11-6-4-9-16(18)23(25,26)27/h3-6,8-11,14H,1-2,7,12-13H2,(H,28,30)/b19-14-. The number of unbranched alkanes of at least 4 members (excludes halogenated alkanes) is 2. The third kappa shape index (κ3) is 6.64. The number of thiocarbonyl (C=S) groups is 1. The first-order chi connectivity index (χ1) is 15.7. The molecule has 2 aromatic carbocycles. The summed E-state index contributed by atoms with van der Waals surface area (Å²) in [5.41, 5.74) is -0.860. The summed E-state index contributed by atoms with van der Waals surface area (Å²) in [5, 5.41) is 2.31. The van der Waals surface area contributed by atoms with Crippen LogP contribution in [-0.4, -0.2) is 27.6 Å². The number of alkyl halides is 3. The molecule has 2 amide bonds. The molecule has 0 aromatic heterocycles. The van der Waals surface area contributed by atoms with Gasteiger partial charge in [-0.05, 0) is 37.1 Å². The molecule has 0 aliphatic carbocycles. The fourth-order valence-electron chi connectivity index (χ4n) is 3.21. The Morgan fingerprint density at radius 1 is 1.06 bits per heavy atom. The van der Waals surface area contributed by atoms with Crippen LogP contribution in [0.25, 0.3) is 6.08 Å². The lowest BCUT2D eigenvalue weighted by atomic mass is 10.1. The van der Waals surface area contributed by atoms with E-state index in [0.717, 1.165) is 17.8 Å². The molecule has 4 nitrogen and oxygen atoms in total. The number of carbonyl (C=O) groups is 2. The van der Waals surface area contributed by atoms with Crippen LogP contribution in [0.4, 0.5) is 23.2 Å². The molecule has 0 unspecified atom stereocenters. The third-order valence-corrected chi connectivity index (χ3v) is 6.24. The van der Waals surface area contributed by atoms with Crippen molar-refractivity contribution in [2.75, 3.05) is 11.9 Å². The normalized spacial score (nSPS) is 15.4. The van der Waals surface area contributed by atoms with Gasteiger partial charge in [-0.25, -0.2) is 4.39 Å². The summed E-state index contributed by atoms with van der Waals surface area (Å²) in [7, 11) is 0. The topological polar surface area (TPSA) is 49.4 Å². The van der Waals surface area contributed by atoms with Gasteiger partial charge >= 0.3 is 6.18 Å². The lowest BCUT2D eigenvalue weighted by molar-refractivity contribution is -0.137. The van der Waals surface area contributed by atoms with E-state index in [1.165, 1.54) is 35.2 Å². The highest BCUT2D eigenvalue weighted by atomic mass is 32.2. The van der Waals surface area contributed by atoms with Crippen LogP contribution in [0.3, 0.4) is 0 Å². The van der Waals surface area contributed by atoms with E-state index in [0.29, 0.717) is 40.6 Å². The van der Waals surface area contributed by atoms with Crippen LogP contribution in [0, 0.1) is 5.82 Å². The number of para-hydroxylation sites is 1. The van der Waals surface area contributed by atoms with Crippen molar-refractivity contribution in [1.82, 2.24) is 4.90 Å². The summed E-state index contributed by atoms with van der Waals surface area (Å²) in [5.74, 6) is -1.24. The molecule has 0 spiro atoms. The van der Waals surface area contributed by atoms with Crippen LogP contribution in [0.5, 0.6) is 0 Å². The number of nitrogens with one attached hydrogen (secondary N) is 1. The lowest BCUT2D eigenvalue weighted by Gasteiger charge is -2.14. The van der Waals surface area contributed by atoms with E-state index in [1.54, 1.807) is 18.2 Å². The SMILES string of the molecule is O=C(CCCCCN1C(=O)/C(=C/c2ccccc2F)SC1=S)Nc1ccccc1C(F)(F)F. The summed E-state index contributed by atoms with van der Waals surface area (Å²) < 4.78 is 53.3. The first-order valence-electron chi connectivity index (χ1n) is 10.1. The van der Waals surface area contributed by atoms with Crippen molar-refractivity contribution < 1.29 is 27.2 Å². The van der Waals surface area contributed by atoms with Crippen LogP contribution in [0.15, 0.2) is 53.4 Å². The van der Waals surface area contributed by atoms with Gasteiger partial charge < -0.3 is 5.32 Å². The van der Waals surface area contributed by atoms with Gasteiger partial charge in [-0.2, -0.15) is 13.2 Å². The van der Waals surface area contributed by atoms with Gasteiger partial charge in [0.25, 0.3) is 5.91 Å². The van der Waals surface area contributed by atoms with Gasteiger partial charge in [0.1, 0.15) is 10.1 Å². The molecule has 1 aliphatic heterocycles. The van der Waals surface area contributed by atoms with E-state index in [4.69, 9.17) is 12.2 Å². The molecule has 33 heavy (non-hydrogen) atoms. The highest BCUT2D eigenvalue weighted by Gasteiger charge is 2.34. The zero-order chi connectivity index (χ0) is 24.0. The molecular formula is C23H20F4N2O2S2. The number of rotatable bonds is 8. The molecule has 10 heteroatoms. The molecule has 174 valence electrons. The van der Waals surface area contributed by atoms with Crippen LogP contribution >= 0.6 is 24.0 Å². The zero-order valence-corrected chi connectivity index (χ0v) is 19.0. The molecule has 1 fully saturated rings. The first-order valence-corrected chi connectivity index (χ1v) is 11.4. The molecule has 3 rings (SSSR count). The molecule has 2 aromatic rings. The molecular weight excluding hydrogens is 476 g/mol. The molecule has 0 radical (unpaired) electrons. The van der Waals surface area contributed by atoms with Crippen LogP contribution in [0.2, 0.25) is 0 Å².